The van der Waals surface area contributed by atoms with Crippen molar-refractivity contribution in [3.8, 4) is 0 Å². The van der Waals surface area contributed by atoms with Gasteiger partial charge in [0.25, 0.3) is 0 Å². The molecular weight excluding hydrogens is 234 g/mol. The maximum absolute atomic E-state index is 11.3. The molecule has 0 aliphatic heterocycles. The normalized spacial score (nSPS) is 16.6. The minimum Gasteiger partial charge on any atom is -0.211 e. The molecule has 5 heteroatoms. The fourth-order valence-electron chi connectivity index (χ4n) is 1.93. The van der Waals surface area contributed by atoms with E-state index in [1.807, 2.05) is 24.3 Å². The third-order valence-electron chi connectivity index (χ3n) is 2.54. The first kappa shape index (κ1) is 10.9. The first-order chi connectivity index (χ1) is 7.11. The van der Waals surface area contributed by atoms with Crippen molar-refractivity contribution in [2.75, 3.05) is 5.21 Å². The third-order valence-corrected chi connectivity index (χ3v) is 4.38. The Morgan fingerprint density at radius 1 is 1.27 bits per heavy atom. The van der Waals surface area contributed by atoms with Gasteiger partial charge < -0.3 is 0 Å². The lowest BCUT2D eigenvalue weighted by Crippen LogP contribution is -2.35. The minimum atomic E-state index is -3.31. The van der Waals surface area contributed by atoms with Crippen molar-refractivity contribution in [1.82, 2.24) is 4.72 Å². The molecule has 15 heavy (non-hydrogen) atoms. The molecule has 1 aromatic carbocycles. The number of alkyl halides is 1. The van der Waals surface area contributed by atoms with Gasteiger partial charge in [0.15, 0.2) is 0 Å². The van der Waals surface area contributed by atoms with Crippen LogP contribution in [0.2, 0.25) is 0 Å². The average Bonchev–Trinajstić information content (AvgIpc) is 2.58. The summed E-state index contributed by atoms with van der Waals surface area (Å²) in [6.07, 6.45) is 1.51. The summed E-state index contributed by atoms with van der Waals surface area (Å²) >= 11 is 5.33. The van der Waals surface area contributed by atoms with Gasteiger partial charge in [-0.15, -0.1) is 11.6 Å². The molecule has 0 saturated heterocycles. The second kappa shape index (κ2) is 4.12. The lowest BCUT2D eigenvalue weighted by Gasteiger charge is -2.10. The monoisotopic (exact) mass is 245 g/mol. The van der Waals surface area contributed by atoms with Gasteiger partial charge in [0, 0.05) is 6.04 Å². The second-order valence-corrected chi connectivity index (χ2v) is 6.05. The summed E-state index contributed by atoms with van der Waals surface area (Å²) < 4.78 is 25.1. The van der Waals surface area contributed by atoms with Gasteiger partial charge in [0.2, 0.25) is 10.0 Å². The van der Waals surface area contributed by atoms with Crippen LogP contribution in [0.15, 0.2) is 24.3 Å². The van der Waals surface area contributed by atoms with Crippen molar-refractivity contribution in [2.45, 2.75) is 18.9 Å². The minimum absolute atomic E-state index is 0.0360. The highest BCUT2D eigenvalue weighted by atomic mass is 35.5. The summed E-state index contributed by atoms with van der Waals surface area (Å²) in [6, 6.07) is 7.97. The molecule has 0 saturated carbocycles. The van der Waals surface area contributed by atoms with Crippen LogP contribution in [-0.4, -0.2) is 19.7 Å². The molecule has 82 valence electrons. The first-order valence-corrected chi connectivity index (χ1v) is 6.92. The van der Waals surface area contributed by atoms with E-state index in [4.69, 9.17) is 11.6 Å². The highest BCUT2D eigenvalue weighted by molar-refractivity contribution is 7.90. The Balaban J connectivity index is 2.08. The number of sulfonamides is 1. The van der Waals surface area contributed by atoms with Crippen LogP contribution in [0.3, 0.4) is 0 Å². The number of nitrogens with one attached hydrogen (secondary N) is 1. The Morgan fingerprint density at radius 3 is 2.27 bits per heavy atom. The Hall–Kier alpha value is -0.580. The van der Waals surface area contributed by atoms with Gasteiger partial charge in [-0.05, 0) is 24.0 Å². The smallest absolute Gasteiger partial charge is 0.211 e. The zero-order chi connectivity index (χ0) is 10.9. The van der Waals surface area contributed by atoms with E-state index >= 15 is 0 Å². The van der Waals surface area contributed by atoms with E-state index in [0.717, 1.165) is 12.8 Å². The predicted molar refractivity (Wildman–Crippen MR) is 60.4 cm³/mol. The van der Waals surface area contributed by atoms with Crippen LogP contribution in [-0.2, 0) is 22.9 Å². The zero-order valence-electron chi connectivity index (χ0n) is 8.11. The molecule has 0 radical (unpaired) electrons. The summed E-state index contributed by atoms with van der Waals surface area (Å²) in [5.74, 6) is 0. The van der Waals surface area contributed by atoms with Gasteiger partial charge in [-0.3, -0.25) is 0 Å². The van der Waals surface area contributed by atoms with Crippen LogP contribution >= 0.6 is 11.6 Å². The summed E-state index contributed by atoms with van der Waals surface area (Å²) in [6.45, 7) is 0. The molecule has 1 aliphatic carbocycles. The van der Waals surface area contributed by atoms with Crippen molar-refractivity contribution in [3.05, 3.63) is 35.4 Å². The topological polar surface area (TPSA) is 46.2 Å². The van der Waals surface area contributed by atoms with Crippen LogP contribution in [0.1, 0.15) is 11.1 Å². The van der Waals surface area contributed by atoms with E-state index in [0.29, 0.717) is 0 Å². The number of rotatable bonds is 3. The van der Waals surface area contributed by atoms with Crippen molar-refractivity contribution in [2.24, 2.45) is 0 Å². The van der Waals surface area contributed by atoms with Gasteiger partial charge in [-0.25, -0.2) is 13.1 Å². The van der Waals surface area contributed by atoms with Gasteiger partial charge >= 0.3 is 0 Å². The Kier molecular flexibility index (Phi) is 3.00. The molecule has 0 aromatic heterocycles. The van der Waals surface area contributed by atoms with Crippen LogP contribution in [0.4, 0.5) is 0 Å². The van der Waals surface area contributed by atoms with Gasteiger partial charge in [-0.1, -0.05) is 24.3 Å². The molecule has 0 spiro atoms. The SMILES string of the molecule is O=S(=O)(CCl)NC1Cc2ccccc2C1. The fourth-order valence-corrected chi connectivity index (χ4v) is 2.85. The highest BCUT2D eigenvalue weighted by Gasteiger charge is 2.24. The lowest BCUT2D eigenvalue weighted by molar-refractivity contribution is 0.560. The Labute approximate surface area is 94.5 Å². The second-order valence-electron chi connectivity index (χ2n) is 3.72. The number of benzene rings is 1. The molecule has 2 rings (SSSR count). The number of hydrogen-bond donors (Lipinski definition) is 1. The summed E-state index contributed by atoms with van der Waals surface area (Å²) in [4.78, 5) is 0. The molecule has 0 unspecified atom stereocenters. The van der Waals surface area contributed by atoms with Crippen LogP contribution in [0.25, 0.3) is 0 Å². The molecule has 0 amide bonds. The van der Waals surface area contributed by atoms with E-state index in [9.17, 15) is 8.42 Å². The molecule has 0 atom stereocenters. The largest absolute Gasteiger partial charge is 0.225 e. The van der Waals surface area contributed by atoms with Gasteiger partial charge in [0.1, 0.15) is 5.21 Å². The van der Waals surface area contributed by atoms with Crippen molar-refractivity contribution < 1.29 is 8.42 Å². The third kappa shape index (κ3) is 2.51. The van der Waals surface area contributed by atoms with Crippen LogP contribution < -0.4 is 4.72 Å². The van der Waals surface area contributed by atoms with E-state index in [2.05, 4.69) is 4.72 Å². The summed E-state index contributed by atoms with van der Waals surface area (Å²) in [5, 5.41) is -0.375. The molecule has 0 heterocycles. The highest BCUT2D eigenvalue weighted by Crippen LogP contribution is 2.22. The molecule has 0 fully saturated rings. The van der Waals surface area contributed by atoms with E-state index in [1.54, 1.807) is 0 Å². The molecule has 1 N–H and O–H groups in total. The van der Waals surface area contributed by atoms with Crippen molar-refractivity contribution >= 4 is 21.6 Å². The van der Waals surface area contributed by atoms with E-state index < -0.39 is 10.0 Å². The molecule has 0 bridgehead atoms. The van der Waals surface area contributed by atoms with Gasteiger partial charge in [-0.2, -0.15) is 0 Å². The zero-order valence-corrected chi connectivity index (χ0v) is 9.68. The van der Waals surface area contributed by atoms with E-state index in [-0.39, 0.29) is 11.3 Å². The van der Waals surface area contributed by atoms with Gasteiger partial charge in [0.05, 0.1) is 0 Å². The first-order valence-electron chi connectivity index (χ1n) is 4.73. The average molecular weight is 246 g/mol. The molecule has 1 aromatic rings. The quantitative estimate of drug-likeness (QED) is 0.816. The van der Waals surface area contributed by atoms with Crippen LogP contribution in [0, 0.1) is 0 Å². The fraction of sp³-hybridized carbons (Fsp3) is 0.400. The number of fused-ring (bicyclic) bond motifs is 1. The van der Waals surface area contributed by atoms with Crippen LogP contribution in [0.5, 0.6) is 0 Å². The summed E-state index contributed by atoms with van der Waals surface area (Å²) in [7, 11) is -3.31. The molecular formula is C10H12ClNO2S. The standard InChI is InChI=1S/C10H12ClNO2S/c11-7-15(13,14)12-10-5-8-3-1-2-4-9(8)6-10/h1-4,10,12H,5-7H2. The number of halogens is 1. The predicted octanol–water partition coefficient (Wildman–Crippen LogP) is 1.27. The maximum atomic E-state index is 11.3. The Morgan fingerprint density at radius 2 is 1.80 bits per heavy atom. The number of hydrogen-bond acceptors (Lipinski definition) is 2. The summed E-state index contributed by atoms with van der Waals surface area (Å²) in [5.41, 5.74) is 2.44. The maximum Gasteiger partial charge on any atom is 0.225 e. The molecule has 3 nitrogen and oxygen atoms in total. The van der Waals surface area contributed by atoms with Crippen molar-refractivity contribution in [3.63, 3.8) is 0 Å². The Bertz CT molecular complexity index is 433. The molecule has 1 aliphatic rings. The lowest BCUT2D eigenvalue weighted by atomic mass is 10.1. The van der Waals surface area contributed by atoms with E-state index in [1.165, 1.54) is 11.1 Å². The van der Waals surface area contributed by atoms with Crippen molar-refractivity contribution in [1.29, 1.82) is 0 Å².